The summed E-state index contributed by atoms with van der Waals surface area (Å²) in [6.07, 6.45) is 6.68. The van der Waals surface area contributed by atoms with Gasteiger partial charge in [0.05, 0.1) is 4.99 Å². The number of nitrogens with zero attached hydrogens (tertiary/aromatic N) is 2. The van der Waals surface area contributed by atoms with Crippen LogP contribution < -0.4 is 4.90 Å². The zero-order chi connectivity index (χ0) is 18.5. The molecule has 0 saturated carbocycles. The minimum atomic E-state index is -0.214. The van der Waals surface area contributed by atoms with Crippen LogP contribution in [0.5, 0.6) is 0 Å². The zero-order valence-corrected chi connectivity index (χ0v) is 15.9. The van der Waals surface area contributed by atoms with E-state index in [0.717, 1.165) is 53.0 Å². The topological polar surface area (TPSA) is 16.1 Å². The molecule has 27 heavy (non-hydrogen) atoms. The summed E-state index contributed by atoms with van der Waals surface area (Å²) in [4.78, 5) is 7.80. The lowest BCUT2D eigenvalue weighted by Gasteiger charge is -2.28. The van der Waals surface area contributed by atoms with Crippen molar-refractivity contribution in [3.8, 4) is 22.3 Å². The van der Waals surface area contributed by atoms with Crippen molar-refractivity contribution in [3.63, 3.8) is 0 Å². The number of hydrogen-bond acceptors (Lipinski definition) is 2. The molecule has 0 radical (unpaired) electrons. The summed E-state index contributed by atoms with van der Waals surface area (Å²) in [5.41, 5.74) is 9.04. The Morgan fingerprint density at radius 1 is 0.852 bits per heavy atom. The van der Waals surface area contributed by atoms with Crippen molar-refractivity contribution in [3.05, 3.63) is 71.3 Å². The van der Waals surface area contributed by atoms with E-state index in [1.54, 1.807) is 18.3 Å². The lowest BCUT2D eigenvalue weighted by Crippen LogP contribution is -2.31. The van der Waals surface area contributed by atoms with Crippen molar-refractivity contribution < 1.29 is 4.39 Å². The van der Waals surface area contributed by atoms with Crippen LogP contribution in [-0.4, -0.2) is 16.5 Å². The average Bonchev–Trinajstić information content (AvgIpc) is 3.09. The molecule has 0 fully saturated rings. The highest BCUT2D eigenvalue weighted by atomic mass is 32.1. The van der Waals surface area contributed by atoms with E-state index in [2.05, 4.69) is 28.1 Å². The van der Waals surface area contributed by atoms with Gasteiger partial charge in [0.25, 0.3) is 0 Å². The van der Waals surface area contributed by atoms with Gasteiger partial charge in [0, 0.05) is 42.2 Å². The first-order valence-corrected chi connectivity index (χ1v) is 9.68. The van der Waals surface area contributed by atoms with Gasteiger partial charge in [0.15, 0.2) is 0 Å². The maximum absolute atomic E-state index is 13.8. The van der Waals surface area contributed by atoms with E-state index in [9.17, 15) is 4.39 Å². The zero-order valence-electron chi connectivity index (χ0n) is 15.1. The Morgan fingerprint density at radius 2 is 1.56 bits per heavy atom. The molecule has 1 aromatic heterocycles. The average molecular weight is 374 g/mol. The van der Waals surface area contributed by atoms with Crippen LogP contribution in [0.15, 0.2) is 48.8 Å². The van der Waals surface area contributed by atoms with E-state index in [-0.39, 0.29) is 5.82 Å². The van der Waals surface area contributed by atoms with Gasteiger partial charge in [-0.05, 0) is 77.9 Å². The first kappa shape index (κ1) is 16.6. The molecule has 0 bridgehead atoms. The largest absolute Gasteiger partial charge is 0.335 e. The smallest absolute Gasteiger partial charge is 0.124 e. The number of halogens is 1. The summed E-state index contributed by atoms with van der Waals surface area (Å²) in [7, 11) is 0. The van der Waals surface area contributed by atoms with Crippen molar-refractivity contribution in [2.75, 3.05) is 11.4 Å². The predicted molar refractivity (Wildman–Crippen MR) is 112 cm³/mol. The molecule has 2 nitrogen and oxygen atoms in total. The Bertz CT molecular complexity index is 1070. The van der Waals surface area contributed by atoms with Crippen LogP contribution in [0, 0.1) is 12.7 Å². The molecule has 0 saturated heterocycles. The molecule has 2 aliphatic heterocycles. The molecule has 4 heteroatoms. The van der Waals surface area contributed by atoms with Crippen molar-refractivity contribution in [2.45, 2.75) is 26.2 Å². The Labute approximate surface area is 163 Å². The molecule has 0 unspecified atom stereocenters. The summed E-state index contributed by atoms with van der Waals surface area (Å²) in [5.74, 6) is -0.214. The molecule has 0 spiro atoms. The quantitative estimate of drug-likeness (QED) is 0.551. The van der Waals surface area contributed by atoms with Crippen LogP contribution >= 0.6 is 12.2 Å². The molecule has 134 valence electrons. The van der Waals surface area contributed by atoms with Crippen molar-refractivity contribution in [2.24, 2.45) is 0 Å². The number of benzene rings is 2. The summed E-state index contributed by atoms with van der Waals surface area (Å²) in [5, 5.41) is 0. The van der Waals surface area contributed by atoms with E-state index in [0.29, 0.717) is 0 Å². The molecule has 3 aromatic rings. The lowest BCUT2D eigenvalue weighted by molar-refractivity contribution is 0.627. The molecule has 0 aliphatic carbocycles. The van der Waals surface area contributed by atoms with E-state index >= 15 is 0 Å². The van der Waals surface area contributed by atoms with E-state index in [1.807, 2.05) is 19.2 Å². The van der Waals surface area contributed by atoms with Gasteiger partial charge in [-0.15, -0.1) is 0 Å². The molecule has 3 heterocycles. The minimum Gasteiger partial charge on any atom is -0.335 e. The van der Waals surface area contributed by atoms with Gasteiger partial charge in [-0.1, -0.05) is 18.3 Å². The monoisotopic (exact) mass is 374 g/mol. The second-order valence-electron chi connectivity index (χ2n) is 7.42. The van der Waals surface area contributed by atoms with Gasteiger partial charge in [0.1, 0.15) is 5.82 Å². The first-order chi connectivity index (χ1) is 13.1. The fourth-order valence-electron chi connectivity index (χ4n) is 4.28. The summed E-state index contributed by atoms with van der Waals surface area (Å²) in [6, 6.07) is 11.8. The Kier molecular flexibility index (Phi) is 3.83. The molecule has 0 atom stereocenters. The van der Waals surface area contributed by atoms with E-state index < -0.39 is 0 Å². The van der Waals surface area contributed by atoms with Crippen LogP contribution in [-0.2, 0) is 12.8 Å². The minimum absolute atomic E-state index is 0.214. The number of aryl methyl sites for hydroxylation is 2. The fourth-order valence-corrected chi connectivity index (χ4v) is 4.57. The van der Waals surface area contributed by atoms with Gasteiger partial charge in [-0.25, -0.2) is 4.39 Å². The van der Waals surface area contributed by atoms with Gasteiger partial charge in [-0.3, -0.25) is 4.98 Å². The predicted octanol–water partition coefficient (Wildman–Crippen LogP) is 5.50. The molecular weight excluding hydrogens is 355 g/mol. The highest BCUT2D eigenvalue weighted by molar-refractivity contribution is 7.80. The number of thiocarbonyl (C=S) groups is 1. The standard InChI is InChI=1S/C23H19FN2S/c1-14-6-17(11-21(24)7-14)19-10-20(13-25-12-19)18-8-15-2-3-22(27)26-5-4-16(9-18)23(15)26/h6-13H,2-5H2,1H3. The summed E-state index contributed by atoms with van der Waals surface area (Å²) in [6.45, 7) is 2.90. The highest BCUT2D eigenvalue weighted by Gasteiger charge is 2.29. The maximum Gasteiger partial charge on any atom is 0.124 e. The van der Waals surface area contributed by atoms with Crippen LogP contribution in [0.2, 0.25) is 0 Å². The molecule has 2 aromatic carbocycles. The van der Waals surface area contributed by atoms with Crippen molar-refractivity contribution >= 4 is 22.9 Å². The van der Waals surface area contributed by atoms with Gasteiger partial charge < -0.3 is 4.90 Å². The molecular formula is C23H19FN2S. The maximum atomic E-state index is 13.8. The molecule has 0 N–H and O–H groups in total. The van der Waals surface area contributed by atoms with Gasteiger partial charge in [0.2, 0.25) is 0 Å². The molecule has 0 amide bonds. The SMILES string of the molecule is Cc1cc(F)cc(-c2cncc(-c3cc4c5c(c3)CCN5C(=S)CC4)c2)c1. The lowest BCUT2D eigenvalue weighted by atomic mass is 9.93. The molecule has 5 rings (SSSR count). The Balaban J connectivity index is 1.60. The van der Waals surface area contributed by atoms with Crippen molar-refractivity contribution in [1.29, 1.82) is 0 Å². The third kappa shape index (κ3) is 2.85. The number of hydrogen-bond donors (Lipinski definition) is 0. The fraction of sp³-hybridized carbons (Fsp3) is 0.217. The van der Waals surface area contributed by atoms with Crippen LogP contribution in [0.4, 0.5) is 10.1 Å². The Hall–Kier alpha value is -2.59. The normalized spacial score (nSPS) is 15.2. The third-order valence-corrected chi connectivity index (χ3v) is 5.92. The Morgan fingerprint density at radius 3 is 2.30 bits per heavy atom. The highest BCUT2D eigenvalue weighted by Crippen LogP contribution is 2.40. The summed E-state index contributed by atoms with van der Waals surface area (Å²) >= 11 is 5.54. The summed E-state index contributed by atoms with van der Waals surface area (Å²) < 4.78 is 13.8. The van der Waals surface area contributed by atoms with Crippen LogP contribution in [0.3, 0.4) is 0 Å². The molecule has 2 aliphatic rings. The van der Waals surface area contributed by atoms with E-state index in [1.165, 1.54) is 22.4 Å². The number of rotatable bonds is 2. The van der Waals surface area contributed by atoms with Crippen LogP contribution in [0.25, 0.3) is 22.3 Å². The van der Waals surface area contributed by atoms with E-state index in [4.69, 9.17) is 12.2 Å². The second kappa shape index (κ2) is 6.24. The second-order valence-corrected chi connectivity index (χ2v) is 7.89. The van der Waals surface area contributed by atoms with Gasteiger partial charge >= 0.3 is 0 Å². The first-order valence-electron chi connectivity index (χ1n) is 9.28. The van der Waals surface area contributed by atoms with Crippen LogP contribution in [0.1, 0.15) is 23.1 Å². The van der Waals surface area contributed by atoms with Gasteiger partial charge in [-0.2, -0.15) is 0 Å². The third-order valence-electron chi connectivity index (χ3n) is 5.50. The number of pyridine rings is 1. The number of anilines is 1. The van der Waals surface area contributed by atoms with Crippen molar-refractivity contribution in [1.82, 2.24) is 4.98 Å². The number of aromatic nitrogens is 1.